The predicted octanol–water partition coefficient (Wildman–Crippen LogP) is 2.54. The van der Waals surface area contributed by atoms with Crippen LogP contribution in [0.25, 0.3) is 0 Å². The lowest BCUT2D eigenvalue weighted by atomic mass is 10.2. The summed E-state index contributed by atoms with van der Waals surface area (Å²) in [5.41, 5.74) is 1.66. The monoisotopic (exact) mass is 276 g/mol. The fourth-order valence-corrected chi connectivity index (χ4v) is 1.82. The van der Waals surface area contributed by atoms with Crippen molar-refractivity contribution in [2.45, 2.75) is 33.1 Å². The van der Waals surface area contributed by atoms with Crippen molar-refractivity contribution >= 4 is 0 Å². The molecule has 2 aromatic rings. The Bertz CT molecular complexity index is 564. The molecule has 2 rings (SSSR count). The molecule has 108 valence electrons. The van der Waals surface area contributed by atoms with Crippen LogP contribution in [-0.2, 0) is 13.2 Å². The lowest BCUT2D eigenvalue weighted by Crippen LogP contribution is -2.04. The number of benzene rings is 1. The van der Waals surface area contributed by atoms with Crippen molar-refractivity contribution in [3.8, 4) is 11.5 Å². The van der Waals surface area contributed by atoms with Crippen LogP contribution in [0.2, 0.25) is 0 Å². The van der Waals surface area contributed by atoms with Crippen LogP contribution in [0.15, 0.2) is 30.5 Å². The summed E-state index contributed by atoms with van der Waals surface area (Å²) < 4.78 is 12.9. The highest BCUT2D eigenvalue weighted by atomic mass is 16.5. The van der Waals surface area contributed by atoms with Gasteiger partial charge in [-0.3, -0.25) is 4.68 Å². The molecule has 0 aliphatic carbocycles. The van der Waals surface area contributed by atoms with Crippen LogP contribution in [0.4, 0.5) is 0 Å². The van der Waals surface area contributed by atoms with Gasteiger partial charge in [0.25, 0.3) is 0 Å². The Kier molecular flexibility index (Phi) is 4.63. The fourth-order valence-electron chi connectivity index (χ4n) is 1.82. The number of aliphatic hydroxyl groups is 1. The number of aliphatic hydroxyl groups excluding tert-OH is 1. The number of hydrogen-bond acceptors (Lipinski definition) is 4. The summed E-state index contributed by atoms with van der Waals surface area (Å²) in [5, 5.41) is 13.5. The van der Waals surface area contributed by atoms with Crippen LogP contribution in [-0.4, -0.2) is 22.0 Å². The maximum absolute atomic E-state index is 9.10. The van der Waals surface area contributed by atoms with E-state index in [-0.39, 0.29) is 6.61 Å². The first-order valence-corrected chi connectivity index (χ1v) is 6.58. The Labute approximate surface area is 118 Å². The van der Waals surface area contributed by atoms with Crippen molar-refractivity contribution in [2.24, 2.45) is 0 Å². The quantitative estimate of drug-likeness (QED) is 0.881. The first-order chi connectivity index (χ1) is 9.63. The Balaban J connectivity index is 2.06. The molecule has 5 heteroatoms. The van der Waals surface area contributed by atoms with Crippen LogP contribution in [0.3, 0.4) is 0 Å². The molecule has 0 atom stereocenters. The summed E-state index contributed by atoms with van der Waals surface area (Å²) in [6, 6.07) is 7.65. The van der Waals surface area contributed by atoms with Gasteiger partial charge in [-0.05, 0) is 37.6 Å². The van der Waals surface area contributed by atoms with Crippen LogP contribution < -0.4 is 9.47 Å². The molecule has 0 aliphatic heterocycles. The minimum absolute atomic E-state index is 0.0184. The van der Waals surface area contributed by atoms with Crippen LogP contribution in [0.5, 0.6) is 11.5 Å². The summed E-state index contributed by atoms with van der Waals surface area (Å²) in [6.45, 7) is 4.52. The zero-order valence-corrected chi connectivity index (χ0v) is 12.0. The highest BCUT2D eigenvalue weighted by Crippen LogP contribution is 2.28. The Hall–Kier alpha value is -2.01. The number of hydrogen-bond donors (Lipinski definition) is 1. The zero-order valence-electron chi connectivity index (χ0n) is 12.0. The van der Waals surface area contributed by atoms with Gasteiger partial charge in [0.1, 0.15) is 6.61 Å². The molecular formula is C15H20N2O3. The molecule has 0 amide bonds. The van der Waals surface area contributed by atoms with Crippen LogP contribution in [0.1, 0.15) is 31.1 Å². The van der Waals surface area contributed by atoms with Gasteiger partial charge in [0.05, 0.1) is 19.4 Å². The number of rotatable bonds is 6. The van der Waals surface area contributed by atoms with E-state index in [1.807, 2.05) is 23.0 Å². The first-order valence-electron chi connectivity index (χ1n) is 6.58. The summed E-state index contributed by atoms with van der Waals surface area (Å²) in [7, 11) is 1.58. The van der Waals surface area contributed by atoms with Gasteiger partial charge in [-0.25, -0.2) is 0 Å². The first kappa shape index (κ1) is 14.4. The minimum atomic E-state index is -0.0184. The summed E-state index contributed by atoms with van der Waals surface area (Å²) in [5.74, 6) is 1.25. The third-order valence-electron chi connectivity index (χ3n) is 2.98. The Morgan fingerprint density at radius 2 is 2.05 bits per heavy atom. The van der Waals surface area contributed by atoms with Crippen molar-refractivity contribution in [2.75, 3.05) is 7.11 Å². The van der Waals surface area contributed by atoms with E-state index in [1.165, 1.54) is 0 Å². The largest absolute Gasteiger partial charge is 0.493 e. The van der Waals surface area contributed by atoms with E-state index in [4.69, 9.17) is 14.6 Å². The highest BCUT2D eigenvalue weighted by Gasteiger charge is 2.07. The highest BCUT2D eigenvalue weighted by molar-refractivity contribution is 5.42. The lowest BCUT2D eigenvalue weighted by Gasteiger charge is -2.11. The second-order valence-electron chi connectivity index (χ2n) is 4.81. The normalized spacial score (nSPS) is 10.8. The van der Waals surface area contributed by atoms with Gasteiger partial charge in [0.15, 0.2) is 11.5 Å². The topological polar surface area (TPSA) is 56.5 Å². The zero-order chi connectivity index (χ0) is 14.5. The maximum Gasteiger partial charge on any atom is 0.161 e. The average molecular weight is 276 g/mol. The number of aromatic nitrogens is 2. The molecule has 0 spiro atoms. The molecule has 5 nitrogen and oxygen atoms in total. The molecule has 1 aromatic carbocycles. The Morgan fingerprint density at radius 3 is 2.65 bits per heavy atom. The number of methoxy groups -OCH3 is 1. The molecule has 0 saturated heterocycles. The summed E-state index contributed by atoms with van der Waals surface area (Å²) in [4.78, 5) is 0. The van der Waals surface area contributed by atoms with E-state index in [9.17, 15) is 0 Å². The molecule has 1 aromatic heterocycles. The third kappa shape index (κ3) is 3.30. The second kappa shape index (κ2) is 6.43. The van der Waals surface area contributed by atoms with E-state index in [0.717, 1.165) is 11.3 Å². The van der Waals surface area contributed by atoms with Crippen molar-refractivity contribution in [3.63, 3.8) is 0 Å². The molecule has 0 bridgehead atoms. The molecule has 0 aliphatic rings. The van der Waals surface area contributed by atoms with Gasteiger partial charge in [-0.15, -0.1) is 0 Å². The summed E-state index contributed by atoms with van der Waals surface area (Å²) in [6.07, 6.45) is 1.94. The average Bonchev–Trinajstić information content (AvgIpc) is 2.94. The van der Waals surface area contributed by atoms with Gasteiger partial charge in [-0.1, -0.05) is 6.07 Å². The molecule has 0 saturated carbocycles. The van der Waals surface area contributed by atoms with Gasteiger partial charge in [-0.2, -0.15) is 5.10 Å². The van der Waals surface area contributed by atoms with E-state index in [2.05, 4.69) is 18.9 Å². The van der Waals surface area contributed by atoms with Gasteiger partial charge < -0.3 is 14.6 Å². The van der Waals surface area contributed by atoms with Gasteiger partial charge in [0.2, 0.25) is 0 Å². The van der Waals surface area contributed by atoms with E-state index >= 15 is 0 Å². The lowest BCUT2D eigenvalue weighted by molar-refractivity contribution is 0.271. The van der Waals surface area contributed by atoms with Crippen molar-refractivity contribution in [1.29, 1.82) is 0 Å². The van der Waals surface area contributed by atoms with Crippen LogP contribution >= 0.6 is 0 Å². The van der Waals surface area contributed by atoms with Gasteiger partial charge >= 0.3 is 0 Å². The smallest absolute Gasteiger partial charge is 0.161 e. The molecule has 1 heterocycles. The molecule has 0 radical (unpaired) electrons. The van der Waals surface area contributed by atoms with Crippen molar-refractivity contribution < 1.29 is 14.6 Å². The van der Waals surface area contributed by atoms with Crippen molar-refractivity contribution in [1.82, 2.24) is 9.78 Å². The van der Waals surface area contributed by atoms with Gasteiger partial charge in [0, 0.05) is 12.2 Å². The predicted molar refractivity (Wildman–Crippen MR) is 75.9 cm³/mol. The maximum atomic E-state index is 9.10. The number of nitrogens with zero attached hydrogens (tertiary/aromatic N) is 2. The molecule has 0 fully saturated rings. The summed E-state index contributed by atoms with van der Waals surface area (Å²) >= 11 is 0. The molecular weight excluding hydrogens is 256 g/mol. The molecule has 20 heavy (non-hydrogen) atoms. The van der Waals surface area contributed by atoms with E-state index < -0.39 is 0 Å². The number of ether oxygens (including phenoxy) is 2. The minimum Gasteiger partial charge on any atom is -0.493 e. The van der Waals surface area contributed by atoms with E-state index in [0.29, 0.717) is 24.1 Å². The molecule has 0 unspecified atom stereocenters. The van der Waals surface area contributed by atoms with Crippen molar-refractivity contribution in [3.05, 3.63) is 41.7 Å². The third-order valence-corrected chi connectivity index (χ3v) is 2.98. The molecule has 1 N–H and O–H groups in total. The second-order valence-corrected chi connectivity index (χ2v) is 4.81. The van der Waals surface area contributed by atoms with E-state index in [1.54, 1.807) is 19.2 Å². The fraction of sp³-hybridized carbons (Fsp3) is 0.400. The standard InChI is InChI=1S/C15H20N2O3/c1-11(2)17-7-6-13(16-17)10-20-14-5-4-12(9-18)8-15(14)19-3/h4-8,11,18H,9-10H2,1-3H3. The van der Waals surface area contributed by atoms with Crippen LogP contribution in [0, 0.1) is 0 Å². The Morgan fingerprint density at radius 1 is 1.25 bits per heavy atom. The SMILES string of the molecule is COc1cc(CO)ccc1OCc1ccn(C(C)C)n1.